The van der Waals surface area contributed by atoms with Gasteiger partial charge in [0.15, 0.2) is 6.61 Å². The Bertz CT molecular complexity index is 513. The van der Waals surface area contributed by atoms with E-state index in [-0.39, 0.29) is 12.6 Å². The zero-order chi connectivity index (χ0) is 14.3. The quantitative estimate of drug-likeness (QED) is 0.356. The van der Waals surface area contributed by atoms with E-state index >= 15 is 0 Å². The van der Waals surface area contributed by atoms with E-state index in [4.69, 9.17) is 16.2 Å². The Balaban J connectivity index is 2.88. The molecular weight excluding hydrogens is 316 g/mol. The van der Waals surface area contributed by atoms with Crippen LogP contribution in [0, 0.1) is 0 Å². The van der Waals surface area contributed by atoms with Crippen LogP contribution in [0.2, 0.25) is 0 Å². The summed E-state index contributed by atoms with van der Waals surface area (Å²) in [6.07, 6.45) is 1.41. The van der Waals surface area contributed by atoms with Gasteiger partial charge in [-0.2, -0.15) is 5.10 Å². The number of guanidine groups is 1. The van der Waals surface area contributed by atoms with E-state index in [1.54, 1.807) is 18.2 Å². The molecule has 8 heteroatoms. The van der Waals surface area contributed by atoms with Crippen molar-refractivity contribution in [2.75, 3.05) is 13.7 Å². The fourth-order valence-corrected chi connectivity index (χ4v) is 1.48. The lowest BCUT2D eigenvalue weighted by Gasteiger charge is -2.07. The van der Waals surface area contributed by atoms with E-state index in [1.165, 1.54) is 13.3 Å². The van der Waals surface area contributed by atoms with Gasteiger partial charge in [0.1, 0.15) is 5.75 Å². The van der Waals surface area contributed by atoms with Crippen molar-refractivity contribution in [3.05, 3.63) is 28.2 Å². The van der Waals surface area contributed by atoms with Crippen molar-refractivity contribution >= 4 is 34.1 Å². The topological polar surface area (TPSA) is 112 Å². The largest absolute Gasteiger partial charge is 0.481 e. The normalized spacial score (nSPS) is 10.2. The van der Waals surface area contributed by atoms with Crippen LogP contribution < -0.4 is 16.2 Å². The van der Waals surface area contributed by atoms with Gasteiger partial charge in [-0.25, -0.2) is 4.79 Å². The van der Waals surface area contributed by atoms with Crippen LogP contribution in [-0.2, 0) is 9.53 Å². The Labute approximate surface area is 118 Å². The molecule has 0 aliphatic rings. The van der Waals surface area contributed by atoms with E-state index in [2.05, 4.69) is 30.9 Å². The van der Waals surface area contributed by atoms with Crippen molar-refractivity contribution in [2.24, 2.45) is 21.7 Å². The number of rotatable bonds is 5. The first-order chi connectivity index (χ1) is 9.02. The number of nitrogens with zero attached hydrogens (tertiary/aromatic N) is 2. The number of ether oxygens (including phenoxy) is 2. The van der Waals surface area contributed by atoms with Crippen LogP contribution in [0.1, 0.15) is 5.56 Å². The van der Waals surface area contributed by atoms with Gasteiger partial charge in [-0.15, -0.1) is 5.10 Å². The van der Waals surface area contributed by atoms with Crippen molar-refractivity contribution in [3.8, 4) is 5.75 Å². The number of nitrogens with two attached hydrogens (primary N) is 2. The van der Waals surface area contributed by atoms with Crippen LogP contribution in [0.4, 0.5) is 0 Å². The SMILES string of the molecule is COC(=O)COc1ccc(Br)cc1C=NN=C(N)N. The monoisotopic (exact) mass is 328 g/mol. The second kappa shape index (κ2) is 7.37. The number of hydrogen-bond donors (Lipinski definition) is 2. The first-order valence-corrected chi connectivity index (χ1v) is 5.93. The molecule has 7 nitrogen and oxygen atoms in total. The van der Waals surface area contributed by atoms with Crippen molar-refractivity contribution in [2.45, 2.75) is 0 Å². The molecule has 0 aliphatic carbocycles. The zero-order valence-electron chi connectivity index (χ0n) is 10.2. The molecule has 0 saturated carbocycles. The molecule has 0 spiro atoms. The molecule has 1 aromatic rings. The number of methoxy groups -OCH3 is 1. The van der Waals surface area contributed by atoms with Gasteiger partial charge in [-0.1, -0.05) is 15.9 Å². The molecule has 0 unspecified atom stereocenters. The van der Waals surface area contributed by atoms with Gasteiger partial charge in [0, 0.05) is 10.0 Å². The maximum absolute atomic E-state index is 11.0. The lowest BCUT2D eigenvalue weighted by Crippen LogP contribution is -2.21. The Morgan fingerprint density at radius 2 is 2.21 bits per heavy atom. The molecule has 19 heavy (non-hydrogen) atoms. The predicted octanol–water partition coefficient (Wildman–Crippen LogP) is 0.608. The van der Waals surface area contributed by atoms with Crippen molar-refractivity contribution < 1.29 is 14.3 Å². The van der Waals surface area contributed by atoms with Gasteiger partial charge >= 0.3 is 5.97 Å². The Kier molecular flexibility index (Phi) is 5.80. The molecule has 0 amide bonds. The van der Waals surface area contributed by atoms with Crippen LogP contribution in [0.5, 0.6) is 5.75 Å². The molecule has 0 aliphatic heterocycles. The van der Waals surface area contributed by atoms with Crippen molar-refractivity contribution in [1.29, 1.82) is 0 Å². The Morgan fingerprint density at radius 3 is 2.84 bits per heavy atom. The maximum Gasteiger partial charge on any atom is 0.343 e. The number of esters is 1. The number of hydrogen-bond acceptors (Lipinski definition) is 5. The number of carbonyl (C=O) groups excluding carboxylic acids is 1. The summed E-state index contributed by atoms with van der Waals surface area (Å²) < 4.78 is 10.6. The molecule has 0 bridgehead atoms. The van der Waals surface area contributed by atoms with Gasteiger partial charge in [0.25, 0.3) is 0 Å². The van der Waals surface area contributed by atoms with Crippen molar-refractivity contribution in [1.82, 2.24) is 0 Å². The lowest BCUT2D eigenvalue weighted by atomic mass is 10.2. The summed E-state index contributed by atoms with van der Waals surface area (Å²) in [5, 5.41) is 7.17. The maximum atomic E-state index is 11.0. The Hall–Kier alpha value is -2.09. The van der Waals surface area contributed by atoms with Crippen LogP contribution in [-0.4, -0.2) is 31.9 Å². The highest BCUT2D eigenvalue weighted by atomic mass is 79.9. The van der Waals surface area contributed by atoms with E-state index in [0.717, 1.165) is 4.47 Å². The molecule has 0 fully saturated rings. The van der Waals surface area contributed by atoms with E-state index in [9.17, 15) is 4.79 Å². The third kappa shape index (κ3) is 5.38. The highest BCUT2D eigenvalue weighted by Gasteiger charge is 2.06. The van der Waals surface area contributed by atoms with Crippen molar-refractivity contribution in [3.63, 3.8) is 0 Å². The fourth-order valence-electron chi connectivity index (χ4n) is 1.10. The van der Waals surface area contributed by atoms with Crippen LogP contribution in [0.25, 0.3) is 0 Å². The first-order valence-electron chi connectivity index (χ1n) is 5.14. The summed E-state index contributed by atoms with van der Waals surface area (Å²) in [5.74, 6) is -0.165. The van der Waals surface area contributed by atoms with E-state index in [0.29, 0.717) is 11.3 Å². The Morgan fingerprint density at radius 1 is 1.47 bits per heavy atom. The molecule has 0 atom stereocenters. The lowest BCUT2D eigenvalue weighted by molar-refractivity contribution is -0.142. The zero-order valence-corrected chi connectivity index (χ0v) is 11.8. The molecule has 0 heterocycles. The molecule has 1 rings (SSSR count). The second-order valence-corrected chi connectivity index (χ2v) is 4.23. The summed E-state index contributed by atoms with van der Waals surface area (Å²) in [6.45, 7) is -0.193. The highest BCUT2D eigenvalue weighted by molar-refractivity contribution is 9.10. The number of carbonyl (C=O) groups is 1. The molecule has 4 N–H and O–H groups in total. The predicted molar refractivity (Wildman–Crippen MR) is 75.1 cm³/mol. The van der Waals surface area contributed by atoms with Gasteiger partial charge < -0.3 is 20.9 Å². The van der Waals surface area contributed by atoms with Crippen LogP contribution >= 0.6 is 15.9 Å². The van der Waals surface area contributed by atoms with Gasteiger partial charge in [0.05, 0.1) is 13.3 Å². The number of halogens is 1. The smallest absolute Gasteiger partial charge is 0.343 e. The van der Waals surface area contributed by atoms with Gasteiger partial charge in [-0.05, 0) is 18.2 Å². The van der Waals surface area contributed by atoms with Crippen LogP contribution in [0.15, 0.2) is 32.9 Å². The highest BCUT2D eigenvalue weighted by Crippen LogP contribution is 2.21. The summed E-state index contributed by atoms with van der Waals surface area (Å²) in [5.41, 5.74) is 10.9. The summed E-state index contributed by atoms with van der Waals surface area (Å²) in [6, 6.07) is 5.20. The van der Waals surface area contributed by atoms with Gasteiger partial charge in [-0.3, -0.25) is 0 Å². The van der Waals surface area contributed by atoms with Crippen LogP contribution in [0.3, 0.4) is 0 Å². The third-order valence-corrected chi connectivity index (χ3v) is 2.41. The van der Waals surface area contributed by atoms with E-state index in [1.807, 2.05) is 0 Å². The third-order valence-electron chi connectivity index (χ3n) is 1.92. The first kappa shape index (κ1) is 15.0. The molecule has 1 aromatic carbocycles. The number of benzene rings is 1. The average Bonchev–Trinajstić information content (AvgIpc) is 2.37. The fraction of sp³-hybridized carbons (Fsp3) is 0.182. The minimum atomic E-state index is -0.477. The van der Waals surface area contributed by atoms with E-state index < -0.39 is 5.97 Å². The summed E-state index contributed by atoms with van der Waals surface area (Å²) >= 11 is 3.32. The molecule has 0 saturated heterocycles. The standard InChI is InChI=1S/C11H13BrN4O3/c1-18-10(17)6-19-9-3-2-8(12)4-7(9)5-15-16-11(13)14/h2-5H,6H2,1H3,(H4,13,14,16). The summed E-state index contributed by atoms with van der Waals surface area (Å²) in [4.78, 5) is 11.0. The molecular formula is C11H13BrN4O3. The second-order valence-electron chi connectivity index (χ2n) is 3.32. The minimum Gasteiger partial charge on any atom is -0.481 e. The molecule has 0 aromatic heterocycles. The average molecular weight is 329 g/mol. The molecule has 102 valence electrons. The minimum absolute atomic E-state index is 0.150. The van der Waals surface area contributed by atoms with Gasteiger partial charge in [0.2, 0.25) is 5.96 Å². The summed E-state index contributed by atoms with van der Waals surface area (Å²) in [7, 11) is 1.29. The molecule has 0 radical (unpaired) electrons.